The number of carbonyl (C=O) groups excluding carboxylic acids is 1. The van der Waals surface area contributed by atoms with Gasteiger partial charge < -0.3 is 14.6 Å². The minimum Gasteiger partial charge on any atom is -0.493 e. The first-order valence-electron chi connectivity index (χ1n) is 11.5. The molecular weight excluding hydrogens is 386 g/mol. The summed E-state index contributed by atoms with van der Waals surface area (Å²) in [7, 11) is 0. The van der Waals surface area contributed by atoms with E-state index in [-0.39, 0.29) is 11.8 Å². The van der Waals surface area contributed by atoms with Gasteiger partial charge in [0, 0.05) is 12.5 Å². The highest BCUT2D eigenvalue weighted by atomic mass is 16.5. The number of unbranched alkanes of at least 4 members (excludes halogenated alkanes) is 1. The molecule has 166 valence electrons. The Morgan fingerprint density at radius 2 is 1.74 bits per heavy atom. The second-order valence-corrected chi connectivity index (χ2v) is 8.18. The summed E-state index contributed by atoms with van der Waals surface area (Å²) in [5.74, 6) is 2.10. The molecule has 0 aliphatic heterocycles. The summed E-state index contributed by atoms with van der Waals surface area (Å²) in [6.07, 6.45) is 3.66. The molecule has 0 unspecified atom stereocenters. The topological polar surface area (TPSA) is 56.2 Å². The number of benzene rings is 2. The Kier molecular flexibility index (Phi) is 8.10. The number of fused-ring (bicyclic) bond motifs is 1. The molecule has 0 aliphatic carbocycles. The average molecular weight is 422 g/mol. The van der Waals surface area contributed by atoms with E-state index in [1.807, 2.05) is 18.2 Å². The third-order valence-corrected chi connectivity index (χ3v) is 5.94. The largest absolute Gasteiger partial charge is 0.493 e. The van der Waals surface area contributed by atoms with Crippen molar-refractivity contribution in [3.8, 4) is 5.75 Å². The predicted molar refractivity (Wildman–Crippen MR) is 126 cm³/mol. The van der Waals surface area contributed by atoms with Crippen molar-refractivity contribution in [1.82, 2.24) is 14.9 Å². The molecule has 0 fully saturated rings. The van der Waals surface area contributed by atoms with Crippen LogP contribution in [0, 0.1) is 19.8 Å². The number of imidazole rings is 1. The molecular formula is C26H35N3O2. The average Bonchev–Trinajstić information content (AvgIpc) is 3.12. The maximum Gasteiger partial charge on any atom is 0.223 e. The molecule has 1 N–H and O–H groups in total. The molecule has 0 aliphatic rings. The highest BCUT2D eigenvalue weighted by molar-refractivity contribution is 5.79. The maximum absolute atomic E-state index is 12.4. The van der Waals surface area contributed by atoms with Crippen LogP contribution in [-0.2, 0) is 17.9 Å². The van der Waals surface area contributed by atoms with Gasteiger partial charge in [0.15, 0.2) is 0 Å². The zero-order valence-corrected chi connectivity index (χ0v) is 19.3. The monoisotopic (exact) mass is 421 g/mol. The van der Waals surface area contributed by atoms with Gasteiger partial charge in [0.1, 0.15) is 11.6 Å². The van der Waals surface area contributed by atoms with Gasteiger partial charge in [0.2, 0.25) is 5.91 Å². The molecule has 0 saturated carbocycles. The fourth-order valence-corrected chi connectivity index (χ4v) is 4.05. The zero-order chi connectivity index (χ0) is 22.2. The van der Waals surface area contributed by atoms with Gasteiger partial charge >= 0.3 is 0 Å². The van der Waals surface area contributed by atoms with E-state index in [1.165, 1.54) is 11.1 Å². The highest BCUT2D eigenvalue weighted by Crippen LogP contribution is 2.23. The molecule has 5 nitrogen and oxygen atoms in total. The van der Waals surface area contributed by atoms with E-state index >= 15 is 0 Å². The number of ether oxygens (including phenoxy) is 1. The number of hydrogen-bond acceptors (Lipinski definition) is 3. The Labute approximate surface area is 185 Å². The number of nitrogens with one attached hydrogen (secondary N) is 1. The van der Waals surface area contributed by atoms with E-state index in [2.05, 4.69) is 61.8 Å². The molecule has 0 atom stereocenters. The van der Waals surface area contributed by atoms with Gasteiger partial charge in [0.05, 0.1) is 24.2 Å². The van der Waals surface area contributed by atoms with Gasteiger partial charge in [0.25, 0.3) is 0 Å². The quantitative estimate of drug-likeness (QED) is 0.412. The molecule has 0 radical (unpaired) electrons. The van der Waals surface area contributed by atoms with Crippen LogP contribution < -0.4 is 10.1 Å². The summed E-state index contributed by atoms with van der Waals surface area (Å²) >= 11 is 0. The fraction of sp³-hybridized carbons (Fsp3) is 0.462. The molecule has 0 spiro atoms. The minimum atomic E-state index is 0.0693. The van der Waals surface area contributed by atoms with Crippen molar-refractivity contribution in [2.45, 2.75) is 66.5 Å². The summed E-state index contributed by atoms with van der Waals surface area (Å²) in [5, 5.41) is 3.09. The molecule has 5 heteroatoms. The van der Waals surface area contributed by atoms with Crippen LogP contribution in [0.15, 0.2) is 42.5 Å². The van der Waals surface area contributed by atoms with Crippen LogP contribution in [0.2, 0.25) is 0 Å². The van der Waals surface area contributed by atoms with Crippen molar-refractivity contribution in [3.05, 3.63) is 59.4 Å². The third kappa shape index (κ3) is 5.66. The number of hydrogen-bond donors (Lipinski definition) is 1. The number of carbonyl (C=O) groups is 1. The van der Waals surface area contributed by atoms with E-state index in [0.717, 1.165) is 54.8 Å². The van der Waals surface area contributed by atoms with Crippen LogP contribution in [0.3, 0.4) is 0 Å². The Morgan fingerprint density at radius 3 is 2.45 bits per heavy atom. The lowest BCUT2D eigenvalue weighted by Gasteiger charge is -2.14. The standard InChI is InChI=1S/C26H35N3O2/c1-5-21(6-2)26(30)27-18-24-28-22-14-7-8-15-23(22)29(24)16-9-10-17-31-25-19(3)12-11-13-20(25)4/h7-8,11-15,21H,5-6,9-10,16-18H2,1-4H3,(H,27,30). The number of para-hydroxylation sites is 3. The van der Waals surface area contributed by atoms with Crippen molar-refractivity contribution < 1.29 is 9.53 Å². The van der Waals surface area contributed by atoms with Crippen LogP contribution in [0.4, 0.5) is 0 Å². The van der Waals surface area contributed by atoms with E-state index in [4.69, 9.17) is 9.72 Å². The van der Waals surface area contributed by atoms with Gasteiger partial charge in [-0.05, 0) is 62.8 Å². The van der Waals surface area contributed by atoms with Gasteiger partial charge in [-0.15, -0.1) is 0 Å². The Hall–Kier alpha value is -2.82. The van der Waals surface area contributed by atoms with Gasteiger partial charge in [-0.25, -0.2) is 4.98 Å². The van der Waals surface area contributed by atoms with E-state index in [0.29, 0.717) is 13.2 Å². The molecule has 3 aromatic rings. The van der Waals surface area contributed by atoms with Crippen LogP contribution in [0.1, 0.15) is 56.5 Å². The van der Waals surface area contributed by atoms with Crippen molar-refractivity contribution in [1.29, 1.82) is 0 Å². The first kappa shape index (κ1) is 22.9. The molecule has 1 aromatic heterocycles. The van der Waals surface area contributed by atoms with Gasteiger partial charge in [-0.2, -0.15) is 0 Å². The van der Waals surface area contributed by atoms with E-state index < -0.39 is 0 Å². The smallest absolute Gasteiger partial charge is 0.223 e. The molecule has 1 heterocycles. The number of nitrogens with zero attached hydrogens (tertiary/aromatic N) is 2. The lowest BCUT2D eigenvalue weighted by molar-refractivity contribution is -0.125. The summed E-state index contributed by atoms with van der Waals surface area (Å²) in [6.45, 7) is 10.3. The number of amides is 1. The molecule has 0 saturated heterocycles. The first-order chi connectivity index (χ1) is 15.0. The van der Waals surface area contributed by atoms with Crippen molar-refractivity contribution in [3.63, 3.8) is 0 Å². The first-order valence-corrected chi connectivity index (χ1v) is 11.5. The molecule has 31 heavy (non-hydrogen) atoms. The zero-order valence-electron chi connectivity index (χ0n) is 19.3. The van der Waals surface area contributed by atoms with Crippen LogP contribution in [-0.4, -0.2) is 22.1 Å². The second-order valence-electron chi connectivity index (χ2n) is 8.18. The molecule has 3 rings (SSSR count). The lowest BCUT2D eigenvalue weighted by atomic mass is 10.0. The van der Waals surface area contributed by atoms with Crippen LogP contribution in [0.5, 0.6) is 5.75 Å². The number of rotatable bonds is 11. The van der Waals surface area contributed by atoms with Crippen molar-refractivity contribution >= 4 is 16.9 Å². The van der Waals surface area contributed by atoms with E-state index in [1.54, 1.807) is 0 Å². The summed E-state index contributed by atoms with van der Waals surface area (Å²) in [6, 6.07) is 14.4. The summed E-state index contributed by atoms with van der Waals surface area (Å²) < 4.78 is 8.29. The Bertz CT molecular complexity index is 985. The predicted octanol–water partition coefficient (Wildman–Crippen LogP) is 5.56. The maximum atomic E-state index is 12.4. The van der Waals surface area contributed by atoms with Crippen LogP contribution in [0.25, 0.3) is 11.0 Å². The number of aromatic nitrogens is 2. The summed E-state index contributed by atoms with van der Waals surface area (Å²) in [4.78, 5) is 17.2. The Morgan fingerprint density at radius 1 is 1.03 bits per heavy atom. The van der Waals surface area contributed by atoms with Crippen molar-refractivity contribution in [2.24, 2.45) is 5.92 Å². The van der Waals surface area contributed by atoms with Crippen molar-refractivity contribution in [2.75, 3.05) is 6.61 Å². The van der Waals surface area contributed by atoms with E-state index in [9.17, 15) is 4.79 Å². The molecule has 0 bridgehead atoms. The third-order valence-electron chi connectivity index (χ3n) is 5.94. The molecule has 2 aromatic carbocycles. The highest BCUT2D eigenvalue weighted by Gasteiger charge is 2.16. The lowest BCUT2D eigenvalue weighted by Crippen LogP contribution is -2.30. The normalized spacial score (nSPS) is 11.3. The van der Waals surface area contributed by atoms with Gasteiger partial charge in [-0.3, -0.25) is 4.79 Å². The van der Waals surface area contributed by atoms with Gasteiger partial charge in [-0.1, -0.05) is 44.2 Å². The summed E-state index contributed by atoms with van der Waals surface area (Å²) in [5.41, 5.74) is 4.44. The second kappa shape index (κ2) is 11.0. The SMILES string of the molecule is CCC(CC)C(=O)NCc1nc2ccccc2n1CCCCOc1c(C)cccc1C. The minimum absolute atomic E-state index is 0.0693. The fourth-order valence-electron chi connectivity index (χ4n) is 4.05. The molecule has 1 amide bonds. The van der Waals surface area contributed by atoms with Crippen LogP contribution >= 0.6 is 0 Å². The number of aryl methyl sites for hydroxylation is 3. The Balaban J connectivity index is 1.61.